The number of aromatic nitrogens is 3. The van der Waals surface area contributed by atoms with Crippen molar-refractivity contribution in [2.24, 2.45) is 11.5 Å². The van der Waals surface area contributed by atoms with E-state index < -0.39 is 11.5 Å². The number of benzene rings is 2. The zero-order valence-corrected chi connectivity index (χ0v) is 26.8. The van der Waals surface area contributed by atoms with Crippen LogP contribution in [0.5, 0.6) is 0 Å². The van der Waals surface area contributed by atoms with Gasteiger partial charge in [-0.1, -0.05) is 23.7 Å². The van der Waals surface area contributed by atoms with E-state index >= 15 is 4.39 Å². The van der Waals surface area contributed by atoms with Gasteiger partial charge >= 0.3 is 5.69 Å². The molecule has 3 unspecified atom stereocenters. The van der Waals surface area contributed by atoms with Crippen molar-refractivity contribution in [2.75, 3.05) is 19.6 Å². The van der Waals surface area contributed by atoms with Crippen molar-refractivity contribution in [1.29, 1.82) is 5.41 Å². The standard InChI is InChI=1S/C34H44ClFN8O/c1-21(38)5-3-6-23-17-28(32(36)29(35)18-23)30-19-25-20-44(34(45)42-33(25)41-30)27-11-9-24(10-12-27)31-8-4-7-26(43(31)16-14-37)13-15-40-22(2)39/h9-12,17-21,26,31H,3-8,13-16,37-38H2,1-2H3,(H2,39,40)(H,41,42,45). The topological polar surface area (TPSA) is 142 Å². The van der Waals surface area contributed by atoms with Crippen molar-refractivity contribution in [3.05, 3.63) is 81.1 Å². The first kappa shape index (κ1) is 32.8. The lowest BCUT2D eigenvalue weighted by Crippen LogP contribution is -2.45. The highest BCUT2D eigenvalue weighted by Gasteiger charge is 2.30. The average molecular weight is 635 g/mol. The highest BCUT2D eigenvalue weighted by molar-refractivity contribution is 6.31. The second-order valence-corrected chi connectivity index (χ2v) is 12.7. The molecule has 4 aromatic rings. The number of nitrogens with zero attached hydrogens (tertiary/aromatic N) is 3. The summed E-state index contributed by atoms with van der Waals surface area (Å²) in [5.74, 6) is -0.0312. The highest BCUT2D eigenvalue weighted by Crippen LogP contribution is 2.36. The van der Waals surface area contributed by atoms with Crippen LogP contribution in [0.15, 0.2) is 53.5 Å². The summed E-state index contributed by atoms with van der Waals surface area (Å²) in [5.41, 5.74) is 15.5. The second-order valence-electron chi connectivity index (χ2n) is 12.2. The smallest absolute Gasteiger partial charge is 0.354 e. The minimum absolute atomic E-state index is 0.0574. The van der Waals surface area contributed by atoms with Crippen molar-refractivity contribution in [1.82, 2.24) is 24.8 Å². The lowest BCUT2D eigenvalue weighted by atomic mass is 9.89. The van der Waals surface area contributed by atoms with Crippen molar-refractivity contribution in [3.8, 4) is 16.9 Å². The number of fused-ring (bicyclic) bond motifs is 1. The zero-order valence-electron chi connectivity index (χ0n) is 26.1. The number of rotatable bonds is 12. The van der Waals surface area contributed by atoms with E-state index in [4.69, 9.17) is 28.5 Å². The minimum atomic E-state index is -0.514. The fraction of sp³-hybridized carbons (Fsp3) is 0.441. The molecule has 0 amide bonds. The number of likely N-dealkylation sites (tertiary alicyclic amines) is 1. The molecule has 1 aliphatic rings. The second kappa shape index (κ2) is 14.7. The van der Waals surface area contributed by atoms with Crippen LogP contribution in [0.1, 0.15) is 69.5 Å². The van der Waals surface area contributed by atoms with Crippen molar-refractivity contribution in [2.45, 2.75) is 76.9 Å². The molecule has 0 saturated carbocycles. The molecule has 45 heavy (non-hydrogen) atoms. The molecule has 0 aliphatic carbocycles. The summed E-state index contributed by atoms with van der Waals surface area (Å²) in [5, 5.41) is 11.5. The molecule has 2 aromatic carbocycles. The van der Waals surface area contributed by atoms with Gasteiger partial charge in [-0.25, -0.2) is 9.18 Å². The predicted octanol–water partition coefficient (Wildman–Crippen LogP) is 5.67. The van der Waals surface area contributed by atoms with Gasteiger partial charge in [-0.05, 0) is 100 Å². The molecule has 2 aromatic heterocycles. The summed E-state index contributed by atoms with van der Waals surface area (Å²) < 4.78 is 16.7. The summed E-state index contributed by atoms with van der Waals surface area (Å²) in [7, 11) is 0. The summed E-state index contributed by atoms with van der Waals surface area (Å²) in [4.78, 5) is 23.0. The van der Waals surface area contributed by atoms with Crippen molar-refractivity contribution >= 4 is 28.5 Å². The van der Waals surface area contributed by atoms with Gasteiger partial charge in [-0.15, -0.1) is 0 Å². The van der Waals surface area contributed by atoms with Crippen LogP contribution in [0.3, 0.4) is 0 Å². The molecular formula is C34H44ClFN8O. The molecule has 7 N–H and O–H groups in total. The highest BCUT2D eigenvalue weighted by atomic mass is 35.5. The van der Waals surface area contributed by atoms with E-state index in [9.17, 15) is 4.79 Å². The normalized spacial score (nSPS) is 17.9. The maximum Gasteiger partial charge on any atom is 0.354 e. The third-order valence-electron chi connectivity index (χ3n) is 8.71. The van der Waals surface area contributed by atoms with Crippen LogP contribution >= 0.6 is 11.6 Å². The number of amidine groups is 1. The first-order chi connectivity index (χ1) is 21.6. The molecule has 0 bridgehead atoms. The first-order valence-corrected chi connectivity index (χ1v) is 16.2. The number of nitrogens with one attached hydrogen (secondary N) is 3. The lowest BCUT2D eigenvalue weighted by Gasteiger charge is -2.42. The Bertz CT molecular complexity index is 1680. The van der Waals surface area contributed by atoms with Gasteiger partial charge < -0.3 is 21.8 Å². The summed E-state index contributed by atoms with van der Waals surface area (Å²) >= 11 is 6.27. The van der Waals surface area contributed by atoms with Crippen LogP contribution in [-0.2, 0) is 6.42 Å². The molecule has 0 spiro atoms. The Morgan fingerprint density at radius 2 is 2.02 bits per heavy atom. The van der Waals surface area contributed by atoms with E-state index in [0.29, 0.717) is 46.4 Å². The predicted molar refractivity (Wildman–Crippen MR) is 181 cm³/mol. The summed E-state index contributed by atoms with van der Waals surface area (Å²) in [6.45, 7) is 5.88. The number of piperidine rings is 1. The largest absolute Gasteiger partial charge is 0.374 e. The Balaban J connectivity index is 1.38. The maximum atomic E-state index is 15.2. The van der Waals surface area contributed by atoms with Gasteiger partial charge in [0, 0.05) is 54.9 Å². The van der Waals surface area contributed by atoms with Crippen molar-refractivity contribution in [3.63, 3.8) is 0 Å². The fourth-order valence-electron chi connectivity index (χ4n) is 6.51. The third kappa shape index (κ3) is 7.81. The maximum absolute atomic E-state index is 15.2. The zero-order chi connectivity index (χ0) is 32.1. The lowest BCUT2D eigenvalue weighted by molar-refractivity contribution is 0.0811. The molecule has 1 saturated heterocycles. The summed E-state index contributed by atoms with van der Waals surface area (Å²) in [6, 6.07) is 14.1. The Morgan fingerprint density at radius 3 is 2.73 bits per heavy atom. The molecule has 0 radical (unpaired) electrons. The number of nitrogens with two attached hydrogens (primary N) is 2. The van der Waals surface area contributed by atoms with Crippen LogP contribution in [0, 0.1) is 11.2 Å². The molecule has 1 fully saturated rings. The molecular weight excluding hydrogens is 591 g/mol. The Hall–Kier alpha value is -3.57. The van der Waals surface area contributed by atoms with Gasteiger partial charge in [0.1, 0.15) is 5.65 Å². The summed E-state index contributed by atoms with van der Waals surface area (Å²) in [6.07, 6.45) is 8.45. The van der Waals surface area contributed by atoms with Crippen LogP contribution < -0.4 is 22.5 Å². The average Bonchev–Trinajstić information content (AvgIpc) is 3.41. The SMILES string of the molecule is CC(=N)NCCC1CCCC(c2ccc(-n3cc4cc(-c5cc(CCCC(C)N)cc(Cl)c5F)[nH]c4nc3=O)cc2)N1CCN. The van der Waals surface area contributed by atoms with Crippen molar-refractivity contribution < 1.29 is 4.39 Å². The first-order valence-electron chi connectivity index (χ1n) is 15.9. The van der Waals surface area contributed by atoms with E-state index in [1.165, 1.54) is 10.1 Å². The number of aryl methyl sites for hydroxylation is 1. The number of halogens is 2. The number of aromatic amines is 1. The minimum Gasteiger partial charge on any atom is -0.374 e. The van der Waals surface area contributed by atoms with E-state index in [1.54, 1.807) is 31.3 Å². The quantitative estimate of drug-likeness (QED) is 0.100. The third-order valence-corrected chi connectivity index (χ3v) is 8.98. The number of hydrogen-bond acceptors (Lipinski definition) is 6. The Kier molecular flexibility index (Phi) is 10.7. The van der Waals surface area contributed by atoms with Crippen LogP contribution in [0.2, 0.25) is 5.02 Å². The molecule has 240 valence electrons. The number of hydrogen-bond donors (Lipinski definition) is 5. The van der Waals surface area contributed by atoms with Gasteiger partial charge in [0.15, 0.2) is 5.82 Å². The van der Waals surface area contributed by atoms with E-state index in [0.717, 1.165) is 63.6 Å². The molecule has 9 nitrogen and oxygen atoms in total. The Morgan fingerprint density at radius 1 is 1.24 bits per heavy atom. The van der Waals surface area contributed by atoms with Gasteiger partial charge in [-0.2, -0.15) is 4.98 Å². The molecule has 3 heterocycles. The van der Waals surface area contributed by atoms with Crippen LogP contribution in [0.25, 0.3) is 28.0 Å². The van der Waals surface area contributed by atoms with Gasteiger partial charge in [-0.3, -0.25) is 14.9 Å². The van der Waals surface area contributed by atoms with E-state index in [1.807, 2.05) is 19.1 Å². The van der Waals surface area contributed by atoms with Gasteiger partial charge in [0.2, 0.25) is 0 Å². The number of H-pyrrole nitrogens is 1. The van der Waals surface area contributed by atoms with Gasteiger partial charge in [0.25, 0.3) is 0 Å². The van der Waals surface area contributed by atoms with E-state index in [-0.39, 0.29) is 17.1 Å². The fourth-order valence-corrected chi connectivity index (χ4v) is 6.75. The molecule has 11 heteroatoms. The Labute approximate surface area is 268 Å². The van der Waals surface area contributed by atoms with Gasteiger partial charge in [0.05, 0.1) is 22.2 Å². The van der Waals surface area contributed by atoms with Crippen LogP contribution in [-0.4, -0.2) is 57.0 Å². The molecule has 1 aliphatic heterocycles. The van der Waals surface area contributed by atoms with Crippen LogP contribution in [0.4, 0.5) is 4.39 Å². The molecule has 3 atom stereocenters. The monoisotopic (exact) mass is 634 g/mol. The molecule has 5 rings (SSSR count). The van der Waals surface area contributed by atoms with E-state index in [2.05, 4.69) is 32.3 Å².